The topological polar surface area (TPSA) is 25.8 Å². The quantitative estimate of drug-likeness (QED) is 0.674. The third-order valence-corrected chi connectivity index (χ3v) is 3.53. The first-order valence-electron chi connectivity index (χ1n) is 7.11. The van der Waals surface area contributed by atoms with E-state index >= 15 is 0 Å². The monoisotopic (exact) mass is 274 g/mol. The maximum atomic E-state index is 4.57. The molecule has 1 heterocycles. The van der Waals surface area contributed by atoms with Gasteiger partial charge in [0, 0.05) is 11.1 Å². The summed E-state index contributed by atoms with van der Waals surface area (Å²) in [7, 11) is 0. The lowest BCUT2D eigenvalue weighted by Gasteiger charge is -2.07. The molecule has 0 spiro atoms. The van der Waals surface area contributed by atoms with Crippen LogP contribution >= 0.6 is 0 Å². The molecule has 0 aliphatic carbocycles. The molecule has 104 valence electrons. The minimum Gasteiger partial charge on any atom is -0.233 e. The Morgan fingerprint density at radius 2 is 0.952 bits per heavy atom. The van der Waals surface area contributed by atoms with Crippen LogP contribution in [0.3, 0.4) is 0 Å². The van der Waals surface area contributed by atoms with Gasteiger partial charge >= 0.3 is 0 Å². The van der Waals surface area contributed by atoms with Gasteiger partial charge in [-0.25, -0.2) is 9.97 Å². The van der Waals surface area contributed by atoms with E-state index in [9.17, 15) is 0 Å². The van der Waals surface area contributed by atoms with Crippen molar-refractivity contribution in [1.82, 2.24) is 9.97 Å². The average Bonchev–Trinajstić information content (AvgIpc) is 2.48. The molecule has 2 aromatic carbocycles. The van der Waals surface area contributed by atoms with Crippen LogP contribution in [0.1, 0.15) is 17.0 Å². The van der Waals surface area contributed by atoms with E-state index < -0.39 is 0 Å². The summed E-state index contributed by atoms with van der Waals surface area (Å²) in [5.41, 5.74) is 6.70. The summed E-state index contributed by atoms with van der Waals surface area (Å²) < 4.78 is 0. The van der Waals surface area contributed by atoms with Crippen molar-refractivity contribution < 1.29 is 0 Å². The first-order chi connectivity index (χ1) is 10.1. The van der Waals surface area contributed by atoms with Crippen LogP contribution in [0.15, 0.2) is 54.6 Å². The van der Waals surface area contributed by atoms with Crippen LogP contribution in [-0.4, -0.2) is 9.97 Å². The summed E-state index contributed by atoms with van der Waals surface area (Å²) in [4.78, 5) is 9.13. The highest BCUT2D eigenvalue weighted by Crippen LogP contribution is 2.24. The van der Waals surface area contributed by atoms with E-state index in [1.54, 1.807) is 0 Å². The van der Waals surface area contributed by atoms with Gasteiger partial charge in [-0.3, -0.25) is 0 Å². The Hall–Kier alpha value is -2.48. The van der Waals surface area contributed by atoms with E-state index in [4.69, 9.17) is 0 Å². The van der Waals surface area contributed by atoms with Crippen molar-refractivity contribution in [3.63, 3.8) is 0 Å². The molecular formula is C19H18N2. The molecule has 0 bridgehead atoms. The molecule has 3 aromatic rings. The second-order valence-electron chi connectivity index (χ2n) is 5.42. The largest absolute Gasteiger partial charge is 0.233 e. The fourth-order valence-electron chi connectivity index (χ4n) is 2.31. The lowest BCUT2D eigenvalue weighted by molar-refractivity contribution is 1.06. The Kier molecular flexibility index (Phi) is 3.53. The van der Waals surface area contributed by atoms with Gasteiger partial charge in [0.05, 0.1) is 11.4 Å². The third-order valence-electron chi connectivity index (χ3n) is 3.53. The van der Waals surface area contributed by atoms with Gasteiger partial charge < -0.3 is 0 Å². The molecule has 0 saturated carbocycles. The van der Waals surface area contributed by atoms with Gasteiger partial charge in [-0.15, -0.1) is 0 Å². The smallest absolute Gasteiger partial charge is 0.126 e. The summed E-state index contributed by atoms with van der Waals surface area (Å²) in [6.45, 7) is 6.12. The van der Waals surface area contributed by atoms with E-state index in [0.717, 1.165) is 28.3 Å². The molecule has 2 heteroatoms. The van der Waals surface area contributed by atoms with E-state index in [1.165, 1.54) is 11.1 Å². The maximum Gasteiger partial charge on any atom is 0.126 e. The standard InChI is InChI=1S/C19H18N2/c1-13-4-8-16(9-5-13)18-12-19(21-15(3)20-18)17-10-6-14(2)7-11-17/h4-12H,1-3H3. The number of aromatic nitrogens is 2. The molecule has 1 aromatic heterocycles. The molecule has 0 aliphatic heterocycles. The van der Waals surface area contributed by atoms with Crippen LogP contribution in [0.5, 0.6) is 0 Å². The summed E-state index contributed by atoms with van der Waals surface area (Å²) in [5.74, 6) is 0.795. The minimum atomic E-state index is 0.795. The Morgan fingerprint density at radius 1 is 0.571 bits per heavy atom. The molecule has 0 N–H and O–H groups in total. The van der Waals surface area contributed by atoms with Gasteiger partial charge in [-0.1, -0.05) is 59.7 Å². The SMILES string of the molecule is Cc1ccc(-c2cc(-c3ccc(C)cc3)nc(C)n2)cc1. The molecular weight excluding hydrogens is 256 g/mol. The number of hydrogen-bond donors (Lipinski definition) is 0. The second-order valence-corrected chi connectivity index (χ2v) is 5.42. The lowest BCUT2D eigenvalue weighted by atomic mass is 10.1. The molecule has 0 fully saturated rings. The highest BCUT2D eigenvalue weighted by molar-refractivity contribution is 5.68. The van der Waals surface area contributed by atoms with Gasteiger partial charge in [0.2, 0.25) is 0 Å². The van der Waals surface area contributed by atoms with Crippen LogP contribution in [-0.2, 0) is 0 Å². The van der Waals surface area contributed by atoms with Crippen molar-refractivity contribution in [2.75, 3.05) is 0 Å². The average molecular weight is 274 g/mol. The summed E-state index contributed by atoms with van der Waals surface area (Å²) >= 11 is 0. The number of aryl methyl sites for hydroxylation is 3. The van der Waals surface area contributed by atoms with Crippen molar-refractivity contribution in [3.05, 3.63) is 71.5 Å². The first kappa shape index (κ1) is 13.5. The Balaban J connectivity index is 2.07. The van der Waals surface area contributed by atoms with Gasteiger partial charge in [0.1, 0.15) is 5.82 Å². The van der Waals surface area contributed by atoms with Crippen LogP contribution in [0, 0.1) is 20.8 Å². The molecule has 21 heavy (non-hydrogen) atoms. The zero-order valence-electron chi connectivity index (χ0n) is 12.6. The van der Waals surface area contributed by atoms with Crippen molar-refractivity contribution in [2.45, 2.75) is 20.8 Å². The molecule has 0 aliphatic rings. The first-order valence-corrected chi connectivity index (χ1v) is 7.11. The van der Waals surface area contributed by atoms with Crippen molar-refractivity contribution >= 4 is 0 Å². The molecule has 0 radical (unpaired) electrons. The molecule has 0 saturated heterocycles. The van der Waals surface area contributed by atoms with Gasteiger partial charge in [-0.05, 0) is 26.8 Å². The predicted octanol–water partition coefficient (Wildman–Crippen LogP) is 4.74. The van der Waals surface area contributed by atoms with E-state index in [1.807, 2.05) is 6.92 Å². The Labute approximate surface area is 125 Å². The lowest BCUT2D eigenvalue weighted by Crippen LogP contribution is -1.94. The van der Waals surface area contributed by atoms with Crippen LogP contribution in [0.4, 0.5) is 0 Å². The van der Waals surface area contributed by atoms with E-state index in [0.29, 0.717) is 0 Å². The highest BCUT2D eigenvalue weighted by atomic mass is 14.9. The fourth-order valence-corrected chi connectivity index (χ4v) is 2.31. The fraction of sp³-hybridized carbons (Fsp3) is 0.158. The van der Waals surface area contributed by atoms with Crippen LogP contribution < -0.4 is 0 Å². The van der Waals surface area contributed by atoms with Crippen LogP contribution in [0.2, 0.25) is 0 Å². The Bertz CT molecular complexity index is 693. The number of rotatable bonds is 2. The molecule has 0 unspecified atom stereocenters. The molecule has 3 rings (SSSR count). The van der Waals surface area contributed by atoms with Crippen molar-refractivity contribution in [1.29, 1.82) is 0 Å². The normalized spacial score (nSPS) is 10.6. The second kappa shape index (κ2) is 5.49. The van der Waals surface area contributed by atoms with Crippen LogP contribution in [0.25, 0.3) is 22.5 Å². The Morgan fingerprint density at radius 3 is 1.33 bits per heavy atom. The zero-order chi connectivity index (χ0) is 14.8. The molecule has 0 atom stereocenters. The molecule has 0 amide bonds. The molecule has 2 nitrogen and oxygen atoms in total. The zero-order valence-corrected chi connectivity index (χ0v) is 12.6. The van der Waals surface area contributed by atoms with Crippen molar-refractivity contribution in [3.8, 4) is 22.5 Å². The number of benzene rings is 2. The van der Waals surface area contributed by atoms with Gasteiger partial charge in [-0.2, -0.15) is 0 Å². The predicted molar refractivity (Wildman–Crippen MR) is 87.1 cm³/mol. The minimum absolute atomic E-state index is 0.795. The van der Waals surface area contributed by atoms with Gasteiger partial charge in [0.15, 0.2) is 0 Å². The summed E-state index contributed by atoms with van der Waals surface area (Å²) in [6.07, 6.45) is 0. The van der Waals surface area contributed by atoms with Crippen molar-refractivity contribution in [2.24, 2.45) is 0 Å². The maximum absolute atomic E-state index is 4.57. The van der Waals surface area contributed by atoms with E-state index in [-0.39, 0.29) is 0 Å². The van der Waals surface area contributed by atoms with E-state index in [2.05, 4.69) is 78.4 Å². The van der Waals surface area contributed by atoms with Gasteiger partial charge in [0.25, 0.3) is 0 Å². The number of hydrogen-bond acceptors (Lipinski definition) is 2. The highest BCUT2D eigenvalue weighted by Gasteiger charge is 2.06. The third kappa shape index (κ3) is 3.00. The number of nitrogens with zero attached hydrogens (tertiary/aromatic N) is 2. The summed E-state index contributed by atoms with van der Waals surface area (Å²) in [5, 5.41) is 0. The summed E-state index contributed by atoms with van der Waals surface area (Å²) in [6, 6.07) is 18.9.